The van der Waals surface area contributed by atoms with Crippen LogP contribution in [0.15, 0.2) is 42.7 Å². The number of halogens is 1. The average molecular weight is 415 g/mol. The van der Waals surface area contributed by atoms with Gasteiger partial charge in [0.1, 0.15) is 11.9 Å². The summed E-state index contributed by atoms with van der Waals surface area (Å²) < 4.78 is 3.96. The molecular formula is C21H27ClN6O. The third kappa shape index (κ3) is 4.36. The van der Waals surface area contributed by atoms with Gasteiger partial charge >= 0.3 is 0 Å². The number of hydrogen-bond acceptors (Lipinski definition) is 4. The van der Waals surface area contributed by atoms with Crippen molar-refractivity contribution in [2.24, 2.45) is 7.05 Å². The van der Waals surface area contributed by atoms with E-state index in [1.807, 2.05) is 65.5 Å². The van der Waals surface area contributed by atoms with Crippen molar-refractivity contribution in [1.82, 2.24) is 29.5 Å². The van der Waals surface area contributed by atoms with Crippen LogP contribution in [-0.4, -0.2) is 49.8 Å². The number of carbonyl (C=O) groups excluding carboxylic acids is 1. The molecule has 1 saturated heterocycles. The molecular weight excluding hydrogens is 388 g/mol. The molecule has 1 unspecified atom stereocenters. The van der Waals surface area contributed by atoms with Crippen molar-refractivity contribution < 1.29 is 4.79 Å². The first-order chi connectivity index (χ1) is 13.5. The van der Waals surface area contributed by atoms with Gasteiger partial charge < -0.3 is 14.8 Å². The molecule has 1 N–H and O–H groups in total. The van der Waals surface area contributed by atoms with Crippen LogP contribution in [0.5, 0.6) is 0 Å². The van der Waals surface area contributed by atoms with Crippen LogP contribution in [0.2, 0.25) is 0 Å². The van der Waals surface area contributed by atoms with Crippen LogP contribution in [0.1, 0.15) is 39.2 Å². The zero-order valence-electron chi connectivity index (χ0n) is 17.0. The molecule has 0 aliphatic carbocycles. The first-order valence-corrected chi connectivity index (χ1v) is 9.62. The Morgan fingerprint density at radius 1 is 1.28 bits per heavy atom. The molecule has 1 fully saturated rings. The molecule has 2 aromatic heterocycles. The number of benzene rings is 1. The van der Waals surface area contributed by atoms with Crippen LogP contribution in [0, 0.1) is 13.8 Å². The topological polar surface area (TPSA) is 68.0 Å². The molecule has 1 aliphatic rings. The molecule has 3 heterocycles. The van der Waals surface area contributed by atoms with Crippen molar-refractivity contribution in [3.63, 3.8) is 0 Å². The Kier molecular flexibility index (Phi) is 6.39. The zero-order chi connectivity index (χ0) is 19.7. The molecule has 7 nitrogen and oxygen atoms in total. The summed E-state index contributed by atoms with van der Waals surface area (Å²) in [6.45, 7) is 6.86. The van der Waals surface area contributed by atoms with Crippen molar-refractivity contribution in [2.75, 3.05) is 19.6 Å². The van der Waals surface area contributed by atoms with Gasteiger partial charge in [-0.05, 0) is 37.6 Å². The molecule has 8 heteroatoms. The molecule has 0 saturated carbocycles. The van der Waals surface area contributed by atoms with Crippen LogP contribution in [0.3, 0.4) is 0 Å². The standard InChI is InChI=1S/C21H26N6O.ClH/c1-15-11-16(2)27(24-15)14-17-5-4-6-18(12-17)21(28)26-10-7-22-13-19(26)20-23-8-9-25(20)3;/h4-6,8-9,11-12,19,22H,7,10,13-14H2,1-3H3;1H. The van der Waals surface area contributed by atoms with E-state index >= 15 is 0 Å². The number of hydrogen-bond donors (Lipinski definition) is 1. The highest BCUT2D eigenvalue weighted by atomic mass is 35.5. The Hall–Kier alpha value is -2.64. The lowest BCUT2D eigenvalue weighted by molar-refractivity contribution is 0.0620. The van der Waals surface area contributed by atoms with Gasteiger partial charge in [-0.15, -0.1) is 12.4 Å². The lowest BCUT2D eigenvalue weighted by Crippen LogP contribution is -2.49. The van der Waals surface area contributed by atoms with E-state index in [-0.39, 0.29) is 24.4 Å². The zero-order valence-corrected chi connectivity index (χ0v) is 17.8. The fourth-order valence-electron chi connectivity index (χ4n) is 3.85. The summed E-state index contributed by atoms with van der Waals surface area (Å²) in [5.74, 6) is 0.948. The number of aryl methyl sites for hydroxylation is 3. The van der Waals surface area contributed by atoms with E-state index in [0.717, 1.165) is 29.3 Å². The molecule has 0 radical (unpaired) electrons. The minimum Gasteiger partial charge on any atom is -0.336 e. The van der Waals surface area contributed by atoms with Gasteiger partial charge in [-0.25, -0.2) is 4.98 Å². The molecule has 1 atom stereocenters. The fraction of sp³-hybridized carbons (Fsp3) is 0.381. The van der Waals surface area contributed by atoms with Gasteiger partial charge in [0.05, 0.1) is 12.2 Å². The summed E-state index contributed by atoms with van der Waals surface area (Å²) >= 11 is 0. The quantitative estimate of drug-likeness (QED) is 0.712. The van der Waals surface area contributed by atoms with Gasteiger partial charge in [0, 0.05) is 50.3 Å². The van der Waals surface area contributed by atoms with Crippen LogP contribution in [0.4, 0.5) is 0 Å². The maximum absolute atomic E-state index is 13.3. The van der Waals surface area contributed by atoms with E-state index in [2.05, 4.69) is 21.5 Å². The number of piperazine rings is 1. The fourth-order valence-corrected chi connectivity index (χ4v) is 3.85. The molecule has 1 aliphatic heterocycles. The lowest BCUT2D eigenvalue weighted by Gasteiger charge is -2.35. The number of amides is 1. The van der Waals surface area contributed by atoms with Crippen molar-refractivity contribution in [1.29, 1.82) is 0 Å². The van der Waals surface area contributed by atoms with Crippen molar-refractivity contribution in [3.05, 3.63) is 71.1 Å². The normalized spacial score (nSPS) is 16.5. The maximum atomic E-state index is 13.3. The summed E-state index contributed by atoms with van der Waals surface area (Å²) in [5.41, 5.74) is 3.90. The monoisotopic (exact) mass is 414 g/mol. The molecule has 0 bridgehead atoms. The van der Waals surface area contributed by atoms with E-state index in [9.17, 15) is 4.79 Å². The predicted molar refractivity (Wildman–Crippen MR) is 114 cm³/mol. The van der Waals surface area contributed by atoms with Crippen LogP contribution < -0.4 is 5.32 Å². The number of imidazole rings is 1. The van der Waals surface area contributed by atoms with Gasteiger partial charge in [-0.3, -0.25) is 9.48 Å². The van der Waals surface area contributed by atoms with Crippen LogP contribution in [-0.2, 0) is 13.6 Å². The SMILES string of the molecule is Cc1cc(C)n(Cc2cccc(C(=O)N3CCNCC3c3nccn3C)c2)n1.Cl. The Labute approximate surface area is 177 Å². The molecule has 4 rings (SSSR count). The van der Waals surface area contributed by atoms with E-state index in [4.69, 9.17) is 0 Å². The molecule has 0 spiro atoms. The third-order valence-corrected chi connectivity index (χ3v) is 5.27. The molecule has 3 aromatic rings. The highest BCUT2D eigenvalue weighted by Crippen LogP contribution is 2.23. The van der Waals surface area contributed by atoms with Gasteiger partial charge in [-0.2, -0.15) is 5.10 Å². The van der Waals surface area contributed by atoms with Crippen LogP contribution >= 0.6 is 12.4 Å². The second-order valence-corrected chi connectivity index (χ2v) is 7.40. The number of carbonyl (C=O) groups is 1. The highest BCUT2D eigenvalue weighted by molar-refractivity contribution is 5.94. The molecule has 1 amide bonds. The second kappa shape index (κ2) is 8.80. The summed E-state index contributed by atoms with van der Waals surface area (Å²) in [6.07, 6.45) is 3.70. The predicted octanol–water partition coefficient (Wildman–Crippen LogP) is 2.49. The van der Waals surface area contributed by atoms with Gasteiger partial charge in [0.15, 0.2) is 0 Å². The molecule has 29 heavy (non-hydrogen) atoms. The highest BCUT2D eigenvalue weighted by Gasteiger charge is 2.31. The van der Waals surface area contributed by atoms with E-state index in [1.54, 1.807) is 6.20 Å². The summed E-state index contributed by atoms with van der Waals surface area (Å²) in [5, 5.41) is 7.91. The first kappa shape index (κ1) is 21.1. The average Bonchev–Trinajstić information content (AvgIpc) is 3.26. The van der Waals surface area contributed by atoms with Gasteiger partial charge in [-0.1, -0.05) is 12.1 Å². The smallest absolute Gasteiger partial charge is 0.254 e. The summed E-state index contributed by atoms with van der Waals surface area (Å²) in [7, 11) is 1.97. The Bertz CT molecular complexity index is 995. The summed E-state index contributed by atoms with van der Waals surface area (Å²) in [4.78, 5) is 19.7. The second-order valence-electron chi connectivity index (χ2n) is 7.40. The van der Waals surface area contributed by atoms with Gasteiger partial charge in [0.25, 0.3) is 5.91 Å². The first-order valence-electron chi connectivity index (χ1n) is 9.62. The largest absolute Gasteiger partial charge is 0.336 e. The number of nitrogens with zero attached hydrogens (tertiary/aromatic N) is 5. The lowest BCUT2D eigenvalue weighted by atomic mass is 10.1. The van der Waals surface area contributed by atoms with E-state index in [1.165, 1.54) is 0 Å². The van der Waals surface area contributed by atoms with Crippen LogP contribution in [0.25, 0.3) is 0 Å². The third-order valence-electron chi connectivity index (χ3n) is 5.27. The Balaban J connectivity index is 0.00000240. The molecule has 1 aromatic carbocycles. The summed E-state index contributed by atoms with van der Waals surface area (Å²) in [6, 6.07) is 9.86. The van der Waals surface area contributed by atoms with E-state index in [0.29, 0.717) is 25.2 Å². The maximum Gasteiger partial charge on any atom is 0.254 e. The number of rotatable bonds is 4. The Morgan fingerprint density at radius 3 is 2.79 bits per heavy atom. The Morgan fingerprint density at radius 2 is 2.10 bits per heavy atom. The number of nitrogens with one attached hydrogen (secondary N) is 1. The van der Waals surface area contributed by atoms with Crippen molar-refractivity contribution in [3.8, 4) is 0 Å². The minimum atomic E-state index is -0.0686. The number of aromatic nitrogens is 4. The molecule has 154 valence electrons. The van der Waals surface area contributed by atoms with E-state index < -0.39 is 0 Å². The van der Waals surface area contributed by atoms with Gasteiger partial charge in [0.2, 0.25) is 0 Å². The van der Waals surface area contributed by atoms with Crippen molar-refractivity contribution >= 4 is 18.3 Å². The van der Waals surface area contributed by atoms with Crippen molar-refractivity contribution in [2.45, 2.75) is 26.4 Å². The minimum absolute atomic E-state index is 0.